The van der Waals surface area contributed by atoms with Crippen molar-refractivity contribution in [1.29, 1.82) is 0 Å². The SMILES string of the molecule is C=CCCNC(=O)c1ccnc([N+](=O)[O-])c1. The molecule has 16 heavy (non-hydrogen) atoms. The van der Waals surface area contributed by atoms with Crippen molar-refractivity contribution in [3.05, 3.63) is 46.7 Å². The minimum atomic E-state index is -0.638. The topological polar surface area (TPSA) is 85.1 Å². The van der Waals surface area contributed by atoms with Crippen LogP contribution in [0.1, 0.15) is 16.8 Å². The van der Waals surface area contributed by atoms with E-state index in [4.69, 9.17) is 0 Å². The van der Waals surface area contributed by atoms with Gasteiger partial charge in [-0.25, -0.2) is 0 Å². The molecule has 0 spiro atoms. The fourth-order valence-corrected chi connectivity index (χ4v) is 1.05. The monoisotopic (exact) mass is 221 g/mol. The molecule has 6 heteroatoms. The number of rotatable bonds is 5. The molecule has 1 aromatic heterocycles. The summed E-state index contributed by atoms with van der Waals surface area (Å²) in [4.78, 5) is 24.8. The maximum atomic E-state index is 11.5. The summed E-state index contributed by atoms with van der Waals surface area (Å²) in [6, 6.07) is 2.57. The van der Waals surface area contributed by atoms with Crippen molar-refractivity contribution in [2.24, 2.45) is 0 Å². The Kier molecular flexibility index (Phi) is 4.14. The molecule has 6 nitrogen and oxygen atoms in total. The van der Waals surface area contributed by atoms with Crippen LogP contribution in [0.3, 0.4) is 0 Å². The average Bonchev–Trinajstić information content (AvgIpc) is 2.29. The lowest BCUT2D eigenvalue weighted by molar-refractivity contribution is -0.389. The lowest BCUT2D eigenvalue weighted by Crippen LogP contribution is -2.24. The summed E-state index contributed by atoms with van der Waals surface area (Å²) in [5.74, 6) is -0.691. The van der Waals surface area contributed by atoms with Crippen LogP contribution in [0, 0.1) is 10.1 Å². The molecule has 0 saturated carbocycles. The number of nitro groups is 1. The first kappa shape index (κ1) is 11.8. The predicted octanol–water partition coefficient (Wildman–Crippen LogP) is 1.30. The number of amides is 1. The highest BCUT2D eigenvalue weighted by molar-refractivity contribution is 5.94. The third-order valence-electron chi connectivity index (χ3n) is 1.83. The lowest BCUT2D eigenvalue weighted by Gasteiger charge is -2.02. The number of nitrogens with one attached hydrogen (secondary N) is 1. The van der Waals surface area contributed by atoms with E-state index in [0.717, 1.165) is 6.07 Å². The number of carbonyl (C=O) groups excluding carboxylic acids is 1. The number of hydrogen-bond donors (Lipinski definition) is 1. The van der Waals surface area contributed by atoms with E-state index in [1.807, 2.05) is 0 Å². The fraction of sp³-hybridized carbons (Fsp3) is 0.200. The smallest absolute Gasteiger partial charge is 0.358 e. The minimum Gasteiger partial charge on any atom is -0.358 e. The Bertz CT molecular complexity index is 418. The first-order valence-electron chi connectivity index (χ1n) is 4.64. The summed E-state index contributed by atoms with van der Waals surface area (Å²) in [5.41, 5.74) is 0.228. The van der Waals surface area contributed by atoms with Crippen LogP contribution in [-0.4, -0.2) is 22.4 Å². The Morgan fingerprint density at radius 1 is 1.69 bits per heavy atom. The molecule has 1 N–H and O–H groups in total. The van der Waals surface area contributed by atoms with E-state index in [9.17, 15) is 14.9 Å². The molecule has 0 aliphatic heterocycles. The van der Waals surface area contributed by atoms with Crippen molar-refractivity contribution in [1.82, 2.24) is 10.3 Å². The van der Waals surface area contributed by atoms with Gasteiger partial charge >= 0.3 is 5.82 Å². The highest BCUT2D eigenvalue weighted by Crippen LogP contribution is 2.08. The second-order valence-corrected chi connectivity index (χ2v) is 2.99. The molecule has 1 aromatic rings. The average molecular weight is 221 g/mol. The van der Waals surface area contributed by atoms with E-state index < -0.39 is 4.92 Å². The zero-order chi connectivity index (χ0) is 12.0. The van der Waals surface area contributed by atoms with Gasteiger partial charge in [0.15, 0.2) is 0 Å². The van der Waals surface area contributed by atoms with Crippen molar-refractivity contribution in [3.8, 4) is 0 Å². The van der Waals surface area contributed by atoms with Gasteiger partial charge in [-0.2, -0.15) is 0 Å². The Balaban J connectivity index is 2.71. The summed E-state index contributed by atoms with van der Waals surface area (Å²) in [6.07, 6.45) is 3.56. The van der Waals surface area contributed by atoms with Gasteiger partial charge in [-0.3, -0.25) is 4.79 Å². The number of aromatic nitrogens is 1. The molecule has 0 atom stereocenters. The largest absolute Gasteiger partial charge is 0.364 e. The van der Waals surface area contributed by atoms with E-state index in [-0.39, 0.29) is 17.3 Å². The molecule has 0 aliphatic rings. The second kappa shape index (κ2) is 5.59. The lowest BCUT2D eigenvalue weighted by atomic mass is 10.2. The van der Waals surface area contributed by atoms with Crippen molar-refractivity contribution < 1.29 is 9.72 Å². The van der Waals surface area contributed by atoms with Crippen LogP contribution in [0.15, 0.2) is 31.0 Å². The molecule has 84 valence electrons. The van der Waals surface area contributed by atoms with Crippen LogP contribution in [-0.2, 0) is 0 Å². The van der Waals surface area contributed by atoms with Gasteiger partial charge in [0.1, 0.15) is 6.20 Å². The van der Waals surface area contributed by atoms with E-state index >= 15 is 0 Å². The van der Waals surface area contributed by atoms with Gasteiger partial charge in [-0.1, -0.05) is 6.08 Å². The molecule has 0 radical (unpaired) electrons. The molecule has 0 bridgehead atoms. The zero-order valence-electron chi connectivity index (χ0n) is 8.55. The Labute approximate surface area is 92.2 Å². The summed E-state index contributed by atoms with van der Waals surface area (Å²) >= 11 is 0. The molecule has 0 fully saturated rings. The summed E-state index contributed by atoms with van der Waals surface area (Å²) in [7, 11) is 0. The van der Waals surface area contributed by atoms with Crippen LogP contribution in [0.5, 0.6) is 0 Å². The van der Waals surface area contributed by atoms with Crippen LogP contribution in [0.2, 0.25) is 0 Å². The van der Waals surface area contributed by atoms with Crippen LogP contribution < -0.4 is 5.32 Å². The molecule has 1 amide bonds. The van der Waals surface area contributed by atoms with E-state index in [2.05, 4.69) is 16.9 Å². The van der Waals surface area contributed by atoms with Gasteiger partial charge in [-0.05, 0) is 22.4 Å². The summed E-state index contributed by atoms with van der Waals surface area (Å²) in [5, 5.41) is 13.0. The molecule has 0 saturated heterocycles. The van der Waals surface area contributed by atoms with Crippen molar-refractivity contribution in [3.63, 3.8) is 0 Å². The van der Waals surface area contributed by atoms with Crippen molar-refractivity contribution >= 4 is 11.7 Å². The third-order valence-corrected chi connectivity index (χ3v) is 1.83. The Morgan fingerprint density at radius 2 is 2.44 bits per heavy atom. The molecule has 1 rings (SSSR count). The van der Waals surface area contributed by atoms with Crippen LogP contribution in [0.25, 0.3) is 0 Å². The molecule has 0 aliphatic carbocycles. The Hall–Kier alpha value is -2.24. The van der Waals surface area contributed by atoms with Gasteiger partial charge in [-0.15, -0.1) is 6.58 Å². The zero-order valence-corrected chi connectivity index (χ0v) is 8.55. The number of nitrogens with zero attached hydrogens (tertiary/aromatic N) is 2. The highest BCUT2D eigenvalue weighted by Gasteiger charge is 2.11. The molecular weight excluding hydrogens is 210 g/mol. The van der Waals surface area contributed by atoms with Gasteiger partial charge in [0, 0.05) is 12.6 Å². The maximum Gasteiger partial charge on any atom is 0.364 e. The second-order valence-electron chi connectivity index (χ2n) is 2.99. The highest BCUT2D eigenvalue weighted by atomic mass is 16.6. The number of hydrogen-bond acceptors (Lipinski definition) is 4. The quantitative estimate of drug-likeness (QED) is 0.351. The summed E-state index contributed by atoms with van der Waals surface area (Å²) < 4.78 is 0. The van der Waals surface area contributed by atoms with E-state index in [0.29, 0.717) is 13.0 Å². The van der Waals surface area contributed by atoms with Crippen LogP contribution >= 0.6 is 0 Å². The molecule has 0 aromatic carbocycles. The fourth-order valence-electron chi connectivity index (χ4n) is 1.05. The molecule has 0 unspecified atom stereocenters. The van der Waals surface area contributed by atoms with Crippen molar-refractivity contribution in [2.75, 3.05) is 6.54 Å². The van der Waals surface area contributed by atoms with Gasteiger partial charge in [0.2, 0.25) is 0 Å². The summed E-state index contributed by atoms with van der Waals surface area (Å²) in [6.45, 7) is 3.97. The van der Waals surface area contributed by atoms with Gasteiger partial charge in [0.05, 0.1) is 5.56 Å². The first-order chi connectivity index (χ1) is 7.65. The van der Waals surface area contributed by atoms with E-state index in [1.165, 1.54) is 12.3 Å². The van der Waals surface area contributed by atoms with Gasteiger partial charge < -0.3 is 15.4 Å². The number of pyridine rings is 1. The Morgan fingerprint density at radius 3 is 3.06 bits per heavy atom. The normalized spacial score (nSPS) is 9.50. The van der Waals surface area contributed by atoms with Crippen molar-refractivity contribution in [2.45, 2.75) is 6.42 Å². The van der Waals surface area contributed by atoms with E-state index in [1.54, 1.807) is 6.08 Å². The van der Waals surface area contributed by atoms with Crippen LogP contribution in [0.4, 0.5) is 5.82 Å². The molecule has 1 heterocycles. The first-order valence-corrected chi connectivity index (χ1v) is 4.64. The molecular formula is C10H11N3O3. The maximum absolute atomic E-state index is 11.5. The van der Waals surface area contributed by atoms with Gasteiger partial charge in [0.25, 0.3) is 5.91 Å². The minimum absolute atomic E-state index is 0.228. The standard InChI is InChI=1S/C10H11N3O3/c1-2-3-5-12-10(14)8-4-6-11-9(7-8)13(15)16/h2,4,6-7H,1,3,5H2,(H,12,14). The third kappa shape index (κ3) is 3.16. The predicted molar refractivity (Wildman–Crippen MR) is 58.0 cm³/mol. The number of carbonyl (C=O) groups is 1.